The fourth-order valence-corrected chi connectivity index (χ4v) is 13.9. The number of anilines is 4. The summed E-state index contributed by atoms with van der Waals surface area (Å²) in [5.41, 5.74) is 14.2. The number of aromatic amines is 4. The molecule has 3 amide bonds. The number of phenolic OH excluding ortho intramolecular Hbond substituents is 2. The molecule has 0 saturated heterocycles. The molecule has 25 heteroatoms. The Morgan fingerprint density at radius 3 is 0.808 bits per heavy atom. The highest BCUT2D eigenvalue weighted by Crippen LogP contribution is 2.45. The van der Waals surface area contributed by atoms with Crippen LogP contribution in [-0.4, -0.2) is 85.5 Å². The highest BCUT2D eigenvalue weighted by Gasteiger charge is 2.33. The zero-order valence-corrected chi connectivity index (χ0v) is 76.3. The first kappa shape index (κ1) is 96.9. The first-order valence-corrected chi connectivity index (χ1v) is 40.8. The van der Waals surface area contributed by atoms with Crippen molar-refractivity contribution in [3.8, 4) is 23.0 Å². The molecule has 12 rings (SSSR count). The fraction of sp³-hybridized carbons (Fsp3) is 0.340. The number of hydrogen-bond acceptors (Lipinski definition) is 17. The van der Waals surface area contributed by atoms with Gasteiger partial charge in [0.15, 0.2) is 0 Å². The summed E-state index contributed by atoms with van der Waals surface area (Å²) < 4.78 is 19.9. The standard InChI is InChI=1S/C26H30N2O5.2C24H28N2O3.C16H25NO3.C10H7NO3/c1-25(2,3)17-12-18(26(4,5)6)21(33-24(31)32-7)13-20(17)28-23(30)16-14-27-19-11-9-8-10-15(19)22(16)29;2*1-23(2,3)16-11-17(24(4,5)6)20(27)12-19(16)26-22(29)15-13-25-18-10-8-7-9-14(18)21(15)28;1-15(2,3)10-8-11(16(4,5)6)13(9-12(10)17)20-14(18)19-7;12-9-6-3-1-2-4-8(6)11-5-7(9)10(13)14/h8-14H,1-7H3,(H,27,29)(H,28,30);2*7-13,27H,1-6H3,(H,25,28)(H,26,29);8-9H,17H2,1-7H3;1-5H,(H,11,12)(H,13,14). The largest absolute Gasteiger partial charge is 0.513 e. The number of methoxy groups -OCH3 is 2. The Morgan fingerprint density at radius 2 is 0.544 bits per heavy atom. The van der Waals surface area contributed by atoms with Gasteiger partial charge in [-0.05, 0) is 149 Å². The Kier molecular flexibility index (Phi) is 29.2. The van der Waals surface area contributed by atoms with Gasteiger partial charge in [-0.2, -0.15) is 0 Å². The van der Waals surface area contributed by atoms with Gasteiger partial charge in [0.05, 0.1) is 14.2 Å². The van der Waals surface area contributed by atoms with Gasteiger partial charge in [-0.25, -0.2) is 14.4 Å². The minimum Gasteiger partial charge on any atom is -0.508 e. The van der Waals surface area contributed by atoms with Crippen molar-refractivity contribution in [2.75, 3.05) is 35.9 Å². The molecule has 125 heavy (non-hydrogen) atoms. The third kappa shape index (κ3) is 23.6. The molecular formula is C100H118N8O17. The maximum Gasteiger partial charge on any atom is 0.513 e. The van der Waals surface area contributed by atoms with Crippen LogP contribution < -0.4 is 52.9 Å². The zero-order chi connectivity index (χ0) is 93.5. The summed E-state index contributed by atoms with van der Waals surface area (Å²) in [6.45, 7) is 49.0. The zero-order valence-electron chi connectivity index (χ0n) is 76.3. The summed E-state index contributed by atoms with van der Waals surface area (Å²) in [4.78, 5) is 135. The molecule has 0 unspecified atom stereocenters. The summed E-state index contributed by atoms with van der Waals surface area (Å²) in [5, 5.41) is 40.1. The molecule has 4 aromatic heterocycles. The van der Waals surface area contributed by atoms with Crippen LogP contribution in [0.5, 0.6) is 23.0 Å². The number of aromatic hydroxyl groups is 2. The number of nitrogens with two attached hydrogens (primary N) is 1. The number of nitrogens with one attached hydrogen (secondary N) is 7. The summed E-state index contributed by atoms with van der Waals surface area (Å²) in [5.74, 6) is -1.81. The van der Waals surface area contributed by atoms with Crippen molar-refractivity contribution >= 4 is 102 Å². The Labute approximate surface area is 727 Å². The second kappa shape index (κ2) is 37.6. The Bertz CT molecular complexity index is 6180. The lowest BCUT2D eigenvalue weighted by atomic mass is 9.79. The molecule has 0 atom stereocenters. The van der Waals surface area contributed by atoms with E-state index in [-0.39, 0.29) is 99.1 Å². The normalized spacial score (nSPS) is 11.9. The number of nitrogen functional groups attached to an aromatic ring is 1. The quantitative estimate of drug-likeness (QED) is 0.0363. The van der Waals surface area contributed by atoms with E-state index in [2.05, 4.69) is 86.9 Å². The first-order chi connectivity index (χ1) is 57.8. The van der Waals surface area contributed by atoms with E-state index in [1.165, 1.54) is 39.0 Å². The smallest absolute Gasteiger partial charge is 0.508 e. The molecule has 0 fully saturated rings. The van der Waals surface area contributed by atoms with Crippen molar-refractivity contribution in [3.63, 3.8) is 0 Å². The lowest BCUT2D eigenvalue weighted by molar-refractivity contribution is 0.0694. The van der Waals surface area contributed by atoms with Crippen molar-refractivity contribution in [1.82, 2.24) is 19.9 Å². The van der Waals surface area contributed by atoms with Crippen molar-refractivity contribution in [1.29, 1.82) is 0 Å². The van der Waals surface area contributed by atoms with Gasteiger partial charge in [-0.3, -0.25) is 33.6 Å². The van der Waals surface area contributed by atoms with Gasteiger partial charge in [0.2, 0.25) is 21.7 Å². The molecule has 12 N–H and O–H groups in total. The Hall–Kier alpha value is -13.6. The molecular weight excluding hydrogens is 1590 g/mol. The number of aromatic nitrogens is 4. The van der Waals surface area contributed by atoms with Crippen LogP contribution in [0.4, 0.5) is 32.3 Å². The van der Waals surface area contributed by atoms with Crippen molar-refractivity contribution in [3.05, 3.63) is 278 Å². The van der Waals surface area contributed by atoms with E-state index in [1.807, 2.05) is 167 Å². The van der Waals surface area contributed by atoms with Crippen molar-refractivity contribution in [2.24, 2.45) is 0 Å². The number of carbonyl (C=O) groups is 6. The number of aromatic carboxylic acids is 1. The maximum absolute atomic E-state index is 13.2. The van der Waals surface area contributed by atoms with Crippen LogP contribution in [-0.2, 0) is 52.8 Å². The van der Waals surface area contributed by atoms with Gasteiger partial charge in [0.1, 0.15) is 45.3 Å². The van der Waals surface area contributed by atoms with E-state index in [4.69, 9.17) is 20.3 Å². The molecule has 12 aromatic rings. The molecule has 25 nitrogen and oxygen atoms in total. The number of H-pyrrole nitrogens is 4. The van der Waals surface area contributed by atoms with Crippen LogP contribution in [0.1, 0.15) is 252 Å². The molecule has 8 aromatic carbocycles. The van der Waals surface area contributed by atoms with Crippen LogP contribution in [0.2, 0.25) is 0 Å². The second-order valence-corrected chi connectivity index (χ2v) is 38.7. The molecule has 0 bridgehead atoms. The SMILES string of the molecule is CC(C)(C)c1cc(C(C)(C)C)c(NC(=O)c2c[nH]c3ccccc3c2=O)cc1O.CC(C)(C)c1cc(C(C)(C)C)c(NC(=O)c2c[nH]c3ccccc3c2=O)cc1O.COC(=O)Oc1cc(N)c(C(C)(C)C)cc1C(C)(C)C.COC(=O)Oc1cc(NC(=O)c2c[nH]c3ccccc3c2=O)c(C(C)(C)C)cc1C(C)(C)C.O=C(O)c1c[nH]c2ccccc2c1=O. The van der Waals surface area contributed by atoms with Crippen molar-refractivity contribution < 1.29 is 63.0 Å². The molecule has 4 heterocycles. The Morgan fingerprint density at radius 1 is 0.312 bits per heavy atom. The number of fused-ring (bicyclic) bond motifs is 4. The molecule has 660 valence electrons. The van der Waals surface area contributed by atoms with E-state index >= 15 is 0 Å². The number of carbonyl (C=O) groups excluding carboxylic acids is 5. The molecule has 0 spiro atoms. The number of benzene rings is 8. The minimum absolute atomic E-state index is 0.0103. The molecule has 0 aliphatic rings. The van der Waals surface area contributed by atoms with Gasteiger partial charge in [-0.1, -0.05) is 215 Å². The van der Waals surface area contributed by atoms with Crippen molar-refractivity contribution in [2.45, 2.75) is 209 Å². The predicted molar refractivity (Wildman–Crippen MR) is 498 cm³/mol. The summed E-state index contributed by atoms with van der Waals surface area (Å²) in [6, 6.07) is 42.3. The van der Waals surface area contributed by atoms with Crippen LogP contribution in [0, 0.1) is 0 Å². The van der Waals surface area contributed by atoms with E-state index in [9.17, 15) is 58.2 Å². The van der Waals surface area contributed by atoms with Gasteiger partial charge in [0.25, 0.3) is 17.7 Å². The number of pyridine rings is 4. The summed E-state index contributed by atoms with van der Waals surface area (Å²) in [7, 11) is 2.52. The van der Waals surface area contributed by atoms with Crippen LogP contribution in [0.15, 0.2) is 190 Å². The predicted octanol–water partition coefficient (Wildman–Crippen LogP) is 20.9. The van der Waals surface area contributed by atoms with Gasteiger partial charge >= 0.3 is 18.3 Å². The number of carboxylic acid groups (broad SMARTS) is 1. The number of hydrogen-bond donors (Lipinski definition) is 11. The van der Waals surface area contributed by atoms with Crippen LogP contribution in [0.3, 0.4) is 0 Å². The molecule has 0 saturated carbocycles. The van der Waals surface area contributed by atoms with E-state index in [0.29, 0.717) is 72.1 Å². The molecule has 0 radical (unpaired) electrons. The average Bonchev–Trinajstić information content (AvgIpc) is 0.781. The maximum atomic E-state index is 13.2. The number of amides is 3. The monoisotopic (exact) mass is 1700 g/mol. The number of phenols is 2. The van der Waals surface area contributed by atoms with Gasteiger partial charge < -0.3 is 75.9 Å². The number of carboxylic acids is 1. The van der Waals surface area contributed by atoms with E-state index in [1.54, 1.807) is 103 Å². The third-order valence-electron chi connectivity index (χ3n) is 20.6. The second-order valence-electron chi connectivity index (χ2n) is 38.7. The summed E-state index contributed by atoms with van der Waals surface area (Å²) >= 11 is 0. The first-order valence-electron chi connectivity index (χ1n) is 40.8. The highest BCUT2D eigenvalue weighted by atomic mass is 16.7. The number of para-hydroxylation sites is 4. The van der Waals surface area contributed by atoms with Gasteiger partial charge in [-0.15, -0.1) is 0 Å². The third-order valence-corrected chi connectivity index (χ3v) is 20.6. The fourth-order valence-electron chi connectivity index (χ4n) is 13.9. The topological polar surface area (TPSA) is 394 Å². The lowest BCUT2D eigenvalue weighted by Crippen LogP contribution is -2.25. The van der Waals surface area contributed by atoms with Crippen LogP contribution >= 0.6 is 0 Å². The Balaban J connectivity index is 0.000000198. The number of rotatable bonds is 9. The van der Waals surface area contributed by atoms with E-state index < -0.39 is 41.4 Å². The number of ether oxygens (including phenoxy) is 4. The molecule has 0 aliphatic heterocycles. The minimum atomic E-state index is -1.21. The average molecular weight is 1700 g/mol. The molecule has 0 aliphatic carbocycles. The van der Waals surface area contributed by atoms with E-state index in [0.717, 1.165) is 44.5 Å². The lowest BCUT2D eigenvalue weighted by Gasteiger charge is -2.29. The van der Waals surface area contributed by atoms with Crippen LogP contribution in [0.25, 0.3) is 43.6 Å². The highest BCUT2D eigenvalue weighted by molar-refractivity contribution is 6.08. The van der Waals surface area contributed by atoms with Gasteiger partial charge in [0, 0.05) is 127 Å². The summed E-state index contributed by atoms with van der Waals surface area (Å²) in [6.07, 6.45) is 3.89.